The van der Waals surface area contributed by atoms with Crippen molar-refractivity contribution in [1.29, 1.82) is 0 Å². The molecule has 8 nitrogen and oxygen atoms in total. The molecule has 2 aromatic heterocycles. The zero-order valence-electron chi connectivity index (χ0n) is 18.1. The van der Waals surface area contributed by atoms with Gasteiger partial charge in [-0.1, -0.05) is 47.2 Å². The van der Waals surface area contributed by atoms with Gasteiger partial charge in [-0.05, 0) is 42.8 Å². The second-order valence-electron chi connectivity index (χ2n) is 7.08. The van der Waals surface area contributed by atoms with Gasteiger partial charge in [0.2, 0.25) is 0 Å². The fourth-order valence-electron chi connectivity index (χ4n) is 2.98. The largest absolute Gasteiger partial charge is 0.496 e. The molecule has 0 aliphatic rings. The van der Waals surface area contributed by atoms with Gasteiger partial charge in [0.1, 0.15) is 23.9 Å². The highest BCUT2D eigenvalue weighted by atomic mass is 32.2. The molecule has 0 saturated heterocycles. The lowest BCUT2D eigenvalue weighted by Crippen LogP contribution is -1.93. The number of methoxy groups -OCH3 is 1. The van der Waals surface area contributed by atoms with E-state index >= 15 is 0 Å². The average Bonchev–Trinajstić information content (AvgIpc) is 3.51. The van der Waals surface area contributed by atoms with Crippen LogP contribution in [0.1, 0.15) is 18.1 Å². The van der Waals surface area contributed by atoms with Crippen molar-refractivity contribution in [1.82, 2.24) is 15.2 Å². The second kappa shape index (κ2) is 10.6. The van der Waals surface area contributed by atoms with Crippen LogP contribution in [0.2, 0.25) is 0 Å². The van der Waals surface area contributed by atoms with Crippen LogP contribution in [0.15, 0.2) is 75.4 Å². The van der Waals surface area contributed by atoms with Crippen molar-refractivity contribution in [3.63, 3.8) is 0 Å². The molecular weight excluding hydrogens is 440 g/mol. The molecule has 33 heavy (non-hydrogen) atoms. The molecule has 0 unspecified atom stereocenters. The molecule has 0 saturated carbocycles. The van der Waals surface area contributed by atoms with Crippen LogP contribution in [-0.4, -0.2) is 40.0 Å². The first kappa shape index (κ1) is 22.3. The summed E-state index contributed by atoms with van der Waals surface area (Å²) in [6.07, 6.45) is 1.62. The molecule has 0 aliphatic heterocycles. The molecular formula is C24H22N4O4S. The Morgan fingerprint density at radius 1 is 1.12 bits per heavy atom. The minimum Gasteiger partial charge on any atom is -0.496 e. The molecule has 4 rings (SSSR count). The number of oxime groups is 1. The quantitative estimate of drug-likeness (QED) is 0.202. The number of aromatic nitrogens is 3. The van der Waals surface area contributed by atoms with Crippen LogP contribution in [0.4, 0.5) is 0 Å². The summed E-state index contributed by atoms with van der Waals surface area (Å²) in [6.45, 7) is 1.91. The van der Waals surface area contributed by atoms with Gasteiger partial charge in [0.15, 0.2) is 16.7 Å². The number of benzene rings is 2. The van der Waals surface area contributed by atoms with Crippen LogP contribution in [-0.2, 0) is 16.2 Å². The smallest absolute Gasteiger partial charge is 0.197 e. The number of hydrogen-bond donors (Lipinski definition) is 1. The third-order valence-corrected chi connectivity index (χ3v) is 5.58. The van der Waals surface area contributed by atoms with Crippen molar-refractivity contribution in [2.45, 2.75) is 18.7 Å². The minimum absolute atomic E-state index is 0.0718. The summed E-state index contributed by atoms with van der Waals surface area (Å²) in [5.74, 6) is 2.77. The number of Topliss-reactive ketones (excluding diaryl/α,β-unsaturated/α-hetero) is 1. The lowest BCUT2D eigenvalue weighted by atomic mass is 10.1. The predicted molar refractivity (Wildman–Crippen MR) is 126 cm³/mol. The Hall–Kier alpha value is -3.85. The zero-order chi connectivity index (χ0) is 23.0. The molecule has 0 spiro atoms. The summed E-state index contributed by atoms with van der Waals surface area (Å²) >= 11 is 1.30. The molecule has 0 bridgehead atoms. The summed E-state index contributed by atoms with van der Waals surface area (Å²) in [4.78, 5) is 19.6. The van der Waals surface area contributed by atoms with Gasteiger partial charge >= 0.3 is 0 Å². The Balaban J connectivity index is 1.47. The maximum Gasteiger partial charge on any atom is 0.197 e. The molecule has 2 aromatic carbocycles. The van der Waals surface area contributed by atoms with Gasteiger partial charge in [-0.15, -0.1) is 10.2 Å². The van der Waals surface area contributed by atoms with Crippen LogP contribution in [0.5, 0.6) is 5.75 Å². The number of nitrogens with one attached hydrogen (secondary N) is 1. The number of rotatable bonds is 10. The number of H-pyrrole nitrogens is 1. The first-order chi connectivity index (χ1) is 16.1. The second-order valence-corrected chi connectivity index (χ2v) is 8.05. The van der Waals surface area contributed by atoms with E-state index < -0.39 is 0 Å². The molecule has 0 atom stereocenters. The lowest BCUT2D eigenvalue weighted by Gasteiger charge is -2.06. The Morgan fingerprint density at radius 3 is 2.73 bits per heavy atom. The molecule has 0 fully saturated rings. The van der Waals surface area contributed by atoms with E-state index in [-0.39, 0.29) is 5.78 Å². The number of nitrogens with zero attached hydrogens (tertiary/aromatic N) is 3. The van der Waals surface area contributed by atoms with Crippen molar-refractivity contribution in [3.05, 3.63) is 71.8 Å². The number of ketones is 1. The van der Waals surface area contributed by atoms with Crippen molar-refractivity contribution in [2.75, 3.05) is 12.9 Å². The monoisotopic (exact) mass is 462 g/mol. The van der Waals surface area contributed by atoms with E-state index in [2.05, 4.69) is 20.3 Å². The average molecular weight is 463 g/mol. The van der Waals surface area contributed by atoms with Gasteiger partial charge < -0.3 is 19.0 Å². The summed E-state index contributed by atoms with van der Waals surface area (Å²) in [5.41, 5.74) is 2.63. The molecule has 0 aliphatic carbocycles. The Morgan fingerprint density at radius 2 is 1.94 bits per heavy atom. The Kier molecular flexibility index (Phi) is 7.21. The SMILES string of the molecule is COc1ccc(-c2ccc(-c3nnc(SCC(C)=O)[nH]3)o2)cc1/C=N/OCc1ccccc1. The topological polar surface area (TPSA) is 103 Å². The maximum atomic E-state index is 11.1. The van der Waals surface area contributed by atoms with Gasteiger partial charge in [0.05, 0.1) is 19.1 Å². The van der Waals surface area contributed by atoms with Crippen LogP contribution in [0.25, 0.3) is 22.9 Å². The Bertz CT molecular complexity index is 1250. The molecule has 168 valence electrons. The third-order valence-electron chi connectivity index (χ3n) is 4.57. The maximum absolute atomic E-state index is 11.1. The van der Waals surface area contributed by atoms with Crippen LogP contribution in [0.3, 0.4) is 0 Å². The highest BCUT2D eigenvalue weighted by Crippen LogP contribution is 2.30. The molecule has 1 N–H and O–H groups in total. The molecule has 0 radical (unpaired) electrons. The van der Waals surface area contributed by atoms with Crippen LogP contribution >= 0.6 is 11.8 Å². The van der Waals surface area contributed by atoms with E-state index in [1.807, 2.05) is 60.7 Å². The van der Waals surface area contributed by atoms with E-state index in [9.17, 15) is 4.79 Å². The number of carbonyl (C=O) groups is 1. The summed E-state index contributed by atoms with van der Waals surface area (Å²) in [5, 5.41) is 12.8. The van der Waals surface area contributed by atoms with Gasteiger partial charge in [0, 0.05) is 11.1 Å². The van der Waals surface area contributed by atoms with Gasteiger partial charge in [0.25, 0.3) is 0 Å². The summed E-state index contributed by atoms with van der Waals surface area (Å²) < 4.78 is 11.4. The number of ether oxygens (including phenoxy) is 1. The Labute approximate surface area is 195 Å². The number of carbonyl (C=O) groups excluding carboxylic acids is 1. The predicted octanol–water partition coefficient (Wildman–Crippen LogP) is 4.97. The van der Waals surface area contributed by atoms with E-state index in [0.717, 1.165) is 16.7 Å². The first-order valence-electron chi connectivity index (χ1n) is 10.1. The third kappa shape index (κ3) is 5.89. The number of aromatic amines is 1. The molecule has 2 heterocycles. The standard InChI is InChI=1S/C24H22N4O4S/c1-16(29)15-33-24-26-23(27-28-24)22-11-10-21(32-22)18-8-9-20(30-2)19(12-18)13-25-31-14-17-6-4-3-5-7-17/h3-13H,14-15H2,1-2H3,(H,26,27,28)/b25-13+. The highest BCUT2D eigenvalue weighted by molar-refractivity contribution is 7.99. The minimum atomic E-state index is 0.0718. The summed E-state index contributed by atoms with van der Waals surface area (Å²) in [6, 6.07) is 19.2. The molecule has 4 aromatic rings. The molecule has 0 amide bonds. The molecule has 9 heteroatoms. The van der Waals surface area contributed by atoms with E-state index in [4.69, 9.17) is 14.0 Å². The van der Waals surface area contributed by atoms with E-state index in [1.54, 1.807) is 13.3 Å². The zero-order valence-corrected chi connectivity index (χ0v) is 19.0. The van der Waals surface area contributed by atoms with Gasteiger partial charge in [-0.2, -0.15) is 0 Å². The number of hydrogen-bond acceptors (Lipinski definition) is 8. The summed E-state index contributed by atoms with van der Waals surface area (Å²) in [7, 11) is 1.60. The van der Waals surface area contributed by atoms with E-state index in [1.165, 1.54) is 18.7 Å². The van der Waals surface area contributed by atoms with Crippen molar-refractivity contribution in [2.24, 2.45) is 5.16 Å². The van der Waals surface area contributed by atoms with Crippen LogP contribution < -0.4 is 4.74 Å². The van der Waals surface area contributed by atoms with E-state index in [0.29, 0.717) is 40.6 Å². The first-order valence-corrected chi connectivity index (χ1v) is 11.1. The van der Waals surface area contributed by atoms with Crippen molar-refractivity contribution < 1.29 is 18.8 Å². The number of furan rings is 1. The van der Waals surface area contributed by atoms with Gasteiger partial charge in [-0.25, -0.2) is 0 Å². The lowest BCUT2D eigenvalue weighted by molar-refractivity contribution is -0.114. The van der Waals surface area contributed by atoms with Crippen molar-refractivity contribution in [3.8, 4) is 28.7 Å². The highest BCUT2D eigenvalue weighted by Gasteiger charge is 2.13. The van der Waals surface area contributed by atoms with Crippen LogP contribution in [0, 0.1) is 0 Å². The number of thioether (sulfide) groups is 1. The van der Waals surface area contributed by atoms with Crippen molar-refractivity contribution >= 4 is 23.8 Å². The van der Waals surface area contributed by atoms with Gasteiger partial charge in [-0.3, -0.25) is 4.79 Å². The fourth-order valence-corrected chi connectivity index (χ4v) is 3.59. The normalized spacial score (nSPS) is 11.1. The fraction of sp³-hybridized carbons (Fsp3) is 0.167.